The first kappa shape index (κ1) is 8.79. The van der Waals surface area contributed by atoms with Gasteiger partial charge in [0.2, 0.25) is 0 Å². The van der Waals surface area contributed by atoms with Gasteiger partial charge in [-0.3, -0.25) is 0 Å². The van der Waals surface area contributed by atoms with Gasteiger partial charge in [-0.25, -0.2) is 0 Å². The Balaban J connectivity index is 2.54. The molecule has 0 fully saturated rings. The second-order valence-electron chi connectivity index (χ2n) is 2.74. The van der Waals surface area contributed by atoms with Crippen LogP contribution in [0, 0.1) is 0 Å². The zero-order valence-electron chi connectivity index (χ0n) is 7.03. The molecule has 0 spiro atoms. The number of halogens is 1. The van der Waals surface area contributed by atoms with Crippen molar-refractivity contribution < 1.29 is 0 Å². The first-order chi connectivity index (χ1) is 6.42. The number of thiophene rings is 1. The fraction of sp³-hybridized carbons (Fsp3) is 0.0909. The van der Waals surface area contributed by atoms with Crippen molar-refractivity contribution in [3.05, 3.63) is 41.3 Å². The Morgan fingerprint density at radius 1 is 1.31 bits per heavy atom. The van der Waals surface area contributed by atoms with Gasteiger partial charge in [-0.2, -0.15) is 0 Å². The van der Waals surface area contributed by atoms with E-state index in [1.54, 1.807) is 11.3 Å². The van der Waals surface area contributed by atoms with Crippen molar-refractivity contribution in [2.24, 2.45) is 0 Å². The van der Waals surface area contributed by atoms with E-state index in [0.717, 1.165) is 0 Å². The van der Waals surface area contributed by atoms with Crippen LogP contribution in [0.4, 0.5) is 0 Å². The van der Waals surface area contributed by atoms with Gasteiger partial charge < -0.3 is 0 Å². The molecule has 0 aliphatic rings. The maximum absolute atomic E-state index is 5.59. The van der Waals surface area contributed by atoms with Crippen LogP contribution < -0.4 is 0 Å². The van der Waals surface area contributed by atoms with Gasteiger partial charge in [-0.05, 0) is 22.4 Å². The van der Waals surface area contributed by atoms with Crippen molar-refractivity contribution in [1.29, 1.82) is 0 Å². The van der Waals surface area contributed by atoms with Crippen LogP contribution >= 0.6 is 22.9 Å². The molecule has 2 heteroatoms. The number of hydrogen-bond donors (Lipinski definition) is 0. The van der Waals surface area contributed by atoms with E-state index in [0.29, 0.717) is 5.88 Å². The maximum atomic E-state index is 5.59. The second kappa shape index (κ2) is 3.95. The summed E-state index contributed by atoms with van der Waals surface area (Å²) >= 11 is 7.36. The molecule has 0 radical (unpaired) electrons. The Morgan fingerprint density at radius 2 is 2.23 bits per heavy atom. The third-order valence-electron chi connectivity index (χ3n) is 1.90. The Bertz CT molecular complexity index is 428. The fourth-order valence-corrected chi connectivity index (χ4v) is 2.30. The zero-order chi connectivity index (χ0) is 9.10. The van der Waals surface area contributed by atoms with E-state index in [-0.39, 0.29) is 0 Å². The van der Waals surface area contributed by atoms with Crippen molar-refractivity contribution in [3.8, 4) is 0 Å². The minimum absolute atomic E-state index is 0.571. The molecule has 0 amide bonds. The molecule has 1 heterocycles. The molecule has 1 aromatic heterocycles. The summed E-state index contributed by atoms with van der Waals surface area (Å²) in [4.78, 5) is 0. The summed E-state index contributed by atoms with van der Waals surface area (Å²) in [5.41, 5.74) is 1.26. The highest BCUT2D eigenvalue weighted by atomic mass is 35.5. The quantitative estimate of drug-likeness (QED) is 0.651. The summed E-state index contributed by atoms with van der Waals surface area (Å²) in [5.74, 6) is 0.571. The van der Waals surface area contributed by atoms with Gasteiger partial charge in [-0.15, -0.1) is 22.9 Å². The minimum Gasteiger partial charge on any atom is -0.143 e. The Hall–Kier alpha value is -0.790. The van der Waals surface area contributed by atoms with Crippen molar-refractivity contribution in [1.82, 2.24) is 0 Å². The smallest absolute Gasteiger partial charge is 0.0414 e. The number of rotatable bonds is 2. The lowest BCUT2D eigenvalue weighted by Gasteiger charge is -1.94. The Kier molecular flexibility index (Phi) is 2.67. The average molecular weight is 209 g/mol. The molecular formula is C11H9ClS. The molecule has 0 atom stereocenters. The number of benzene rings is 1. The van der Waals surface area contributed by atoms with Crippen molar-refractivity contribution in [2.45, 2.75) is 0 Å². The van der Waals surface area contributed by atoms with Gasteiger partial charge in [0.1, 0.15) is 0 Å². The molecule has 0 N–H and O–H groups in total. The van der Waals surface area contributed by atoms with E-state index in [4.69, 9.17) is 11.6 Å². The topological polar surface area (TPSA) is 0 Å². The number of fused-ring (bicyclic) bond motifs is 1. The summed E-state index contributed by atoms with van der Waals surface area (Å²) < 4.78 is 1.34. The number of alkyl halides is 1. The molecular weight excluding hydrogens is 200 g/mol. The molecule has 2 rings (SSSR count). The molecule has 0 saturated heterocycles. The van der Waals surface area contributed by atoms with Crippen LogP contribution in [0.25, 0.3) is 16.2 Å². The first-order valence-corrected chi connectivity index (χ1v) is 5.52. The van der Waals surface area contributed by atoms with Crippen molar-refractivity contribution in [3.63, 3.8) is 0 Å². The van der Waals surface area contributed by atoms with Crippen LogP contribution in [0.3, 0.4) is 0 Å². The SMILES string of the molecule is ClCC=Cc1cccc2ccsc12. The normalized spacial score (nSPS) is 11.5. The van der Waals surface area contributed by atoms with Crippen LogP contribution in [0.5, 0.6) is 0 Å². The van der Waals surface area contributed by atoms with Gasteiger partial charge in [0.05, 0.1) is 0 Å². The van der Waals surface area contributed by atoms with Crippen LogP contribution in [-0.2, 0) is 0 Å². The summed E-state index contributed by atoms with van der Waals surface area (Å²) in [6.07, 6.45) is 4.04. The molecule has 66 valence electrons. The summed E-state index contributed by atoms with van der Waals surface area (Å²) in [6.45, 7) is 0. The van der Waals surface area contributed by atoms with Crippen LogP contribution in [0.1, 0.15) is 5.56 Å². The van der Waals surface area contributed by atoms with Gasteiger partial charge in [0.15, 0.2) is 0 Å². The molecule has 0 nitrogen and oxygen atoms in total. The van der Waals surface area contributed by atoms with E-state index >= 15 is 0 Å². The molecule has 0 unspecified atom stereocenters. The second-order valence-corrected chi connectivity index (χ2v) is 3.97. The van der Waals surface area contributed by atoms with E-state index in [1.807, 2.05) is 6.08 Å². The highest BCUT2D eigenvalue weighted by Gasteiger charge is 1.97. The summed E-state index contributed by atoms with van der Waals surface area (Å²) in [6, 6.07) is 8.45. The predicted molar refractivity (Wildman–Crippen MR) is 61.6 cm³/mol. The Morgan fingerprint density at radius 3 is 3.08 bits per heavy atom. The first-order valence-electron chi connectivity index (χ1n) is 4.10. The number of allylic oxidation sites excluding steroid dienone is 1. The van der Waals surface area contributed by atoms with Crippen LogP contribution in [0.15, 0.2) is 35.7 Å². The summed E-state index contributed by atoms with van der Waals surface area (Å²) in [7, 11) is 0. The van der Waals surface area contributed by atoms with Crippen molar-refractivity contribution in [2.75, 3.05) is 5.88 Å². The predicted octanol–water partition coefficient (Wildman–Crippen LogP) is 4.15. The Labute approximate surface area is 86.5 Å². The molecule has 0 aliphatic carbocycles. The van der Waals surface area contributed by atoms with Gasteiger partial charge in [0, 0.05) is 10.6 Å². The molecule has 1 aromatic carbocycles. The molecule has 13 heavy (non-hydrogen) atoms. The standard InChI is InChI=1S/C11H9ClS/c12-7-2-5-9-3-1-4-10-6-8-13-11(9)10/h1-6,8H,7H2. The van der Waals surface area contributed by atoms with Gasteiger partial charge in [0.25, 0.3) is 0 Å². The lowest BCUT2D eigenvalue weighted by Crippen LogP contribution is -1.71. The van der Waals surface area contributed by atoms with E-state index < -0.39 is 0 Å². The molecule has 0 aliphatic heterocycles. The molecule has 0 saturated carbocycles. The summed E-state index contributed by atoms with van der Waals surface area (Å²) in [5, 5.41) is 3.42. The highest BCUT2D eigenvalue weighted by Crippen LogP contribution is 2.25. The lowest BCUT2D eigenvalue weighted by atomic mass is 10.1. The third-order valence-corrected chi connectivity index (χ3v) is 3.05. The van der Waals surface area contributed by atoms with E-state index in [1.165, 1.54) is 15.6 Å². The van der Waals surface area contributed by atoms with E-state index in [2.05, 4.69) is 35.7 Å². The fourth-order valence-electron chi connectivity index (χ4n) is 1.32. The highest BCUT2D eigenvalue weighted by molar-refractivity contribution is 7.17. The average Bonchev–Trinajstić information content (AvgIpc) is 2.62. The van der Waals surface area contributed by atoms with E-state index in [9.17, 15) is 0 Å². The van der Waals surface area contributed by atoms with Crippen LogP contribution in [-0.4, -0.2) is 5.88 Å². The lowest BCUT2D eigenvalue weighted by molar-refractivity contribution is 1.74. The van der Waals surface area contributed by atoms with Gasteiger partial charge >= 0.3 is 0 Å². The van der Waals surface area contributed by atoms with Crippen molar-refractivity contribution >= 4 is 39.1 Å². The third kappa shape index (κ3) is 1.77. The minimum atomic E-state index is 0.571. The van der Waals surface area contributed by atoms with Gasteiger partial charge in [-0.1, -0.05) is 30.4 Å². The molecule has 2 aromatic rings. The van der Waals surface area contributed by atoms with Crippen LogP contribution in [0.2, 0.25) is 0 Å². The molecule has 0 bridgehead atoms. The number of hydrogen-bond acceptors (Lipinski definition) is 1. The monoisotopic (exact) mass is 208 g/mol. The largest absolute Gasteiger partial charge is 0.143 e. The zero-order valence-corrected chi connectivity index (χ0v) is 8.61. The maximum Gasteiger partial charge on any atom is 0.0414 e.